The molecule has 0 bridgehead atoms. The second-order valence-electron chi connectivity index (χ2n) is 14.0. The van der Waals surface area contributed by atoms with E-state index in [9.17, 15) is 24.9 Å². The Morgan fingerprint density at radius 2 is 1.60 bits per heavy atom. The number of aliphatic hydroxyl groups excluding tert-OH is 2. The highest BCUT2D eigenvalue weighted by Gasteiger charge is 2.39. The average molecular weight is 724 g/mol. The largest absolute Gasteiger partial charge is 0.508 e. The topological polar surface area (TPSA) is 141 Å². The Labute approximate surface area is 312 Å². The van der Waals surface area contributed by atoms with E-state index < -0.39 is 12.4 Å². The van der Waals surface area contributed by atoms with Crippen LogP contribution in [-0.2, 0) is 32.2 Å². The van der Waals surface area contributed by atoms with Crippen LogP contribution in [-0.4, -0.2) is 64.8 Å². The van der Waals surface area contributed by atoms with Crippen LogP contribution in [0.4, 0.5) is 0 Å². The summed E-state index contributed by atoms with van der Waals surface area (Å²) in [6, 6.07) is 30.7. The molecule has 0 aromatic heterocycles. The predicted octanol–water partition coefficient (Wildman–Crippen LogP) is 6.32. The van der Waals surface area contributed by atoms with Crippen LogP contribution in [0.1, 0.15) is 85.8 Å². The summed E-state index contributed by atoms with van der Waals surface area (Å²) in [6.45, 7) is 5.52. The molecule has 282 valence electrons. The lowest BCUT2D eigenvalue weighted by molar-refractivity contribution is -0.276. The first-order valence-electron chi connectivity index (χ1n) is 18.5. The van der Waals surface area contributed by atoms with Crippen molar-refractivity contribution in [2.24, 2.45) is 5.92 Å². The van der Waals surface area contributed by atoms with Gasteiger partial charge in [0.05, 0.1) is 24.9 Å². The highest BCUT2D eigenvalue weighted by Crippen LogP contribution is 2.42. The van der Waals surface area contributed by atoms with Crippen molar-refractivity contribution in [3.63, 3.8) is 0 Å². The van der Waals surface area contributed by atoms with E-state index in [2.05, 4.69) is 23.6 Å². The van der Waals surface area contributed by atoms with Gasteiger partial charge in [-0.3, -0.25) is 9.59 Å². The Balaban J connectivity index is 1.26. The number of likely N-dealkylation sites (N-methyl/N-ethyl adjacent to an activating group) is 1. The van der Waals surface area contributed by atoms with Gasteiger partial charge in [0, 0.05) is 51.0 Å². The lowest BCUT2D eigenvalue weighted by atomic mass is 9.90. The van der Waals surface area contributed by atoms with Gasteiger partial charge >= 0.3 is 0 Å². The lowest BCUT2D eigenvalue weighted by Gasteiger charge is -2.42. The van der Waals surface area contributed by atoms with Gasteiger partial charge in [0.25, 0.3) is 0 Å². The van der Waals surface area contributed by atoms with Crippen molar-refractivity contribution in [1.82, 2.24) is 15.5 Å². The zero-order valence-electron chi connectivity index (χ0n) is 30.9. The fraction of sp³-hybridized carbons (Fsp3) is 0.395. The molecular formula is C43H53N3O7. The summed E-state index contributed by atoms with van der Waals surface area (Å²) in [6.07, 6.45) is 0.992. The fourth-order valence-electron chi connectivity index (χ4n) is 6.75. The Hall–Kier alpha value is -4.58. The van der Waals surface area contributed by atoms with Gasteiger partial charge in [-0.1, -0.05) is 98.3 Å². The molecule has 0 radical (unpaired) electrons. The van der Waals surface area contributed by atoms with Crippen LogP contribution in [0.5, 0.6) is 5.75 Å². The highest BCUT2D eigenvalue weighted by molar-refractivity contribution is 5.76. The van der Waals surface area contributed by atoms with Crippen LogP contribution < -0.4 is 10.6 Å². The molecule has 1 aliphatic rings. The molecule has 4 aromatic rings. The average Bonchev–Trinajstić information content (AvgIpc) is 3.16. The molecule has 5 unspecified atom stereocenters. The predicted molar refractivity (Wildman–Crippen MR) is 204 cm³/mol. The van der Waals surface area contributed by atoms with Crippen LogP contribution in [0.25, 0.3) is 11.1 Å². The number of benzene rings is 4. The van der Waals surface area contributed by atoms with E-state index in [1.54, 1.807) is 24.3 Å². The van der Waals surface area contributed by atoms with Crippen molar-refractivity contribution in [2.75, 3.05) is 26.7 Å². The Morgan fingerprint density at radius 1 is 0.868 bits per heavy atom. The molecule has 5 rings (SSSR count). The smallest absolute Gasteiger partial charge is 0.220 e. The second kappa shape index (κ2) is 19.5. The number of nitrogens with zero attached hydrogens (tertiary/aromatic N) is 1. The number of amides is 2. The molecule has 4 aromatic carbocycles. The monoisotopic (exact) mass is 723 g/mol. The number of hydrogen-bond donors (Lipinski definition) is 5. The molecular weight excluding hydrogens is 670 g/mol. The van der Waals surface area contributed by atoms with Crippen LogP contribution in [0.3, 0.4) is 0 Å². The zero-order valence-corrected chi connectivity index (χ0v) is 30.9. The lowest BCUT2D eigenvalue weighted by Crippen LogP contribution is -2.44. The molecule has 5 atom stereocenters. The number of hydrogen-bond acceptors (Lipinski definition) is 8. The SMILES string of the molecule is CC(=O)NCCCCCC(=O)NCc1ccccc1-c1ccc(C2OC(CN(C)CC(O)c3cccc(O)c3)C(C)C(c3ccc(CO)cc3)O2)cc1. The minimum Gasteiger partial charge on any atom is -0.508 e. The Bertz CT molecular complexity index is 1760. The minimum absolute atomic E-state index is 0.00475. The van der Waals surface area contributed by atoms with Gasteiger partial charge in [0.1, 0.15) is 5.75 Å². The molecule has 53 heavy (non-hydrogen) atoms. The van der Waals surface area contributed by atoms with E-state index in [0.717, 1.165) is 52.6 Å². The van der Waals surface area contributed by atoms with Crippen molar-refractivity contribution < 1.29 is 34.4 Å². The molecule has 0 saturated carbocycles. The van der Waals surface area contributed by atoms with Crippen molar-refractivity contribution >= 4 is 11.8 Å². The van der Waals surface area contributed by atoms with Crippen molar-refractivity contribution in [3.05, 3.63) is 125 Å². The molecule has 2 amide bonds. The maximum Gasteiger partial charge on any atom is 0.220 e. The zero-order chi connectivity index (χ0) is 37.7. The molecule has 0 aliphatic carbocycles. The summed E-state index contributed by atoms with van der Waals surface area (Å²) in [4.78, 5) is 25.6. The third-order valence-electron chi connectivity index (χ3n) is 9.80. The number of phenolic OH excluding ortho intramolecular Hbond substituents is 1. The first-order valence-corrected chi connectivity index (χ1v) is 18.5. The number of nitrogens with one attached hydrogen (secondary N) is 2. The van der Waals surface area contributed by atoms with Crippen molar-refractivity contribution in [2.45, 2.75) is 77.3 Å². The summed E-state index contributed by atoms with van der Waals surface area (Å²) in [5, 5.41) is 36.3. The first kappa shape index (κ1) is 39.6. The van der Waals surface area contributed by atoms with Gasteiger partial charge in [-0.15, -0.1) is 0 Å². The Morgan fingerprint density at radius 3 is 2.32 bits per heavy atom. The number of unbranched alkanes of at least 4 members (excludes halogenated alkanes) is 2. The maximum absolute atomic E-state index is 12.6. The minimum atomic E-state index is -0.782. The summed E-state index contributed by atoms with van der Waals surface area (Å²) in [7, 11) is 1.95. The third-order valence-corrected chi connectivity index (χ3v) is 9.80. The van der Waals surface area contributed by atoms with E-state index in [1.807, 2.05) is 78.7 Å². The number of rotatable bonds is 17. The van der Waals surface area contributed by atoms with Gasteiger partial charge in [-0.2, -0.15) is 0 Å². The van der Waals surface area contributed by atoms with Crippen molar-refractivity contribution in [3.8, 4) is 16.9 Å². The van der Waals surface area contributed by atoms with Gasteiger partial charge in [0.15, 0.2) is 6.29 Å². The summed E-state index contributed by atoms with van der Waals surface area (Å²) < 4.78 is 13.3. The van der Waals surface area contributed by atoms with Gasteiger partial charge < -0.3 is 40.3 Å². The number of carbonyl (C=O) groups excluding carboxylic acids is 2. The van der Waals surface area contributed by atoms with Crippen LogP contribution in [0.15, 0.2) is 97.1 Å². The number of ether oxygens (including phenoxy) is 2. The van der Waals surface area contributed by atoms with E-state index in [1.165, 1.54) is 6.92 Å². The maximum atomic E-state index is 12.6. The molecule has 10 heteroatoms. The third kappa shape index (κ3) is 11.5. The molecule has 5 N–H and O–H groups in total. The summed E-state index contributed by atoms with van der Waals surface area (Å²) >= 11 is 0. The van der Waals surface area contributed by atoms with Gasteiger partial charge in [0.2, 0.25) is 11.8 Å². The fourth-order valence-corrected chi connectivity index (χ4v) is 6.75. The van der Waals surface area contributed by atoms with E-state index in [4.69, 9.17) is 9.47 Å². The highest BCUT2D eigenvalue weighted by atomic mass is 16.7. The molecule has 1 heterocycles. The van der Waals surface area contributed by atoms with E-state index >= 15 is 0 Å². The number of aromatic hydroxyl groups is 1. The molecule has 0 spiro atoms. The van der Waals surface area contributed by atoms with Crippen LogP contribution in [0.2, 0.25) is 0 Å². The quantitative estimate of drug-likeness (QED) is 0.0798. The second-order valence-corrected chi connectivity index (χ2v) is 14.0. The van der Waals surface area contributed by atoms with E-state index in [0.29, 0.717) is 38.2 Å². The first-order chi connectivity index (χ1) is 25.6. The van der Waals surface area contributed by atoms with Gasteiger partial charge in [-0.25, -0.2) is 0 Å². The summed E-state index contributed by atoms with van der Waals surface area (Å²) in [5.41, 5.74) is 6.39. The molecule has 1 fully saturated rings. The van der Waals surface area contributed by atoms with Crippen molar-refractivity contribution in [1.29, 1.82) is 0 Å². The number of aliphatic hydroxyl groups is 2. The standard InChI is InChI=1S/C43H53N3O7/c1-29-40(27-46(3)26-39(50)35-11-9-12-37(49)24-35)52-43(53-42(29)33-17-15-31(28-47)16-18-33)34-21-19-32(20-22-34)38-13-7-6-10-36(38)25-45-41(51)14-5-4-8-23-44-30(2)48/h6-7,9-13,15-22,24,29,39-40,42-43,47,49-50H,4-5,8,14,23,25-28H2,1-3H3,(H,44,48)(H,45,51). The normalized spacial score (nSPS) is 19.1. The summed E-state index contributed by atoms with van der Waals surface area (Å²) in [5.74, 6) is 0.0516. The number of phenols is 1. The molecule has 1 saturated heterocycles. The molecule has 1 aliphatic heterocycles. The van der Waals surface area contributed by atoms with Crippen LogP contribution in [0, 0.1) is 5.92 Å². The van der Waals surface area contributed by atoms with Crippen LogP contribution >= 0.6 is 0 Å². The van der Waals surface area contributed by atoms with E-state index in [-0.39, 0.29) is 42.3 Å². The number of carbonyl (C=O) groups is 2. The molecule has 10 nitrogen and oxygen atoms in total. The Kier molecular flexibility index (Phi) is 14.6. The van der Waals surface area contributed by atoms with Gasteiger partial charge in [-0.05, 0) is 65.4 Å².